The number of aliphatic hydroxyl groups excluding tert-OH is 2. The van der Waals surface area contributed by atoms with Crippen molar-refractivity contribution in [1.82, 2.24) is 4.90 Å². The Labute approximate surface area is 128 Å². The molecular formula is C18H29NO2. The van der Waals surface area contributed by atoms with E-state index in [0.29, 0.717) is 0 Å². The molecule has 1 aliphatic heterocycles. The van der Waals surface area contributed by atoms with Crippen molar-refractivity contribution in [3.63, 3.8) is 0 Å². The lowest BCUT2D eigenvalue weighted by Gasteiger charge is -2.38. The molecule has 1 heterocycles. The van der Waals surface area contributed by atoms with Gasteiger partial charge in [0.15, 0.2) is 0 Å². The first-order valence-electron chi connectivity index (χ1n) is 7.96. The second-order valence-electron chi connectivity index (χ2n) is 7.33. The zero-order valence-corrected chi connectivity index (χ0v) is 13.8. The SMILES string of the molecule is Cc1cc(CN2CCCC(O)C2CO)ccc1C(C)(C)C. The van der Waals surface area contributed by atoms with Crippen molar-refractivity contribution in [2.45, 2.75) is 64.6 Å². The molecule has 0 spiro atoms. The number of hydrogen-bond donors (Lipinski definition) is 2. The van der Waals surface area contributed by atoms with Gasteiger partial charge in [-0.2, -0.15) is 0 Å². The average Bonchev–Trinajstić information content (AvgIpc) is 2.37. The van der Waals surface area contributed by atoms with Crippen LogP contribution in [-0.2, 0) is 12.0 Å². The summed E-state index contributed by atoms with van der Waals surface area (Å²) >= 11 is 0. The van der Waals surface area contributed by atoms with Crippen LogP contribution in [0.5, 0.6) is 0 Å². The molecular weight excluding hydrogens is 262 g/mol. The lowest BCUT2D eigenvalue weighted by atomic mass is 9.83. The van der Waals surface area contributed by atoms with Crippen molar-refractivity contribution in [1.29, 1.82) is 0 Å². The predicted octanol–water partition coefficient (Wildman–Crippen LogP) is 2.61. The molecule has 1 aromatic carbocycles. The number of benzene rings is 1. The van der Waals surface area contributed by atoms with E-state index in [4.69, 9.17) is 0 Å². The fourth-order valence-corrected chi connectivity index (χ4v) is 3.44. The maximum absolute atomic E-state index is 10.0. The number of nitrogens with zero attached hydrogens (tertiary/aromatic N) is 1. The van der Waals surface area contributed by atoms with E-state index in [-0.39, 0.29) is 18.1 Å². The quantitative estimate of drug-likeness (QED) is 0.899. The summed E-state index contributed by atoms with van der Waals surface area (Å²) in [5.74, 6) is 0. The van der Waals surface area contributed by atoms with E-state index in [1.807, 2.05) is 0 Å². The standard InChI is InChI=1S/C18H29NO2/c1-13-10-14(7-8-15(13)18(2,3)4)11-19-9-5-6-17(21)16(19)12-20/h7-8,10,16-17,20-21H,5-6,9,11-12H2,1-4H3. The summed E-state index contributed by atoms with van der Waals surface area (Å²) in [5.41, 5.74) is 4.12. The molecule has 2 atom stereocenters. The molecule has 2 unspecified atom stereocenters. The van der Waals surface area contributed by atoms with Crippen LogP contribution in [0.25, 0.3) is 0 Å². The number of rotatable bonds is 3. The van der Waals surface area contributed by atoms with Crippen molar-refractivity contribution in [3.05, 3.63) is 34.9 Å². The fraction of sp³-hybridized carbons (Fsp3) is 0.667. The number of likely N-dealkylation sites (tertiary alicyclic amines) is 1. The van der Waals surface area contributed by atoms with Gasteiger partial charge in [-0.05, 0) is 48.4 Å². The Morgan fingerprint density at radius 3 is 2.57 bits per heavy atom. The summed E-state index contributed by atoms with van der Waals surface area (Å²) in [6, 6.07) is 6.53. The largest absolute Gasteiger partial charge is 0.395 e. The summed E-state index contributed by atoms with van der Waals surface area (Å²) in [7, 11) is 0. The van der Waals surface area contributed by atoms with E-state index in [9.17, 15) is 10.2 Å². The highest BCUT2D eigenvalue weighted by molar-refractivity contribution is 5.35. The number of hydrogen-bond acceptors (Lipinski definition) is 3. The Morgan fingerprint density at radius 2 is 2.00 bits per heavy atom. The Bertz CT molecular complexity index is 479. The van der Waals surface area contributed by atoms with Crippen molar-refractivity contribution in [2.75, 3.05) is 13.2 Å². The van der Waals surface area contributed by atoms with Gasteiger partial charge in [0.2, 0.25) is 0 Å². The second kappa shape index (κ2) is 6.47. The maximum atomic E-state index is 10.0. The first-order chi connectivity index (χ1) is 9.82. The highest BCUT2D eigenvalue weighted by Gasteiger charge is 2.29. The van der Waals surface area contributed by atoms with Gasteiger partial charge in [0.25, 0.3) is 0 Å². The Hall–Kier alpha value is -0.900. The van der Waals surface area contributed by atoms with Crippen molar-refractivity contribution >= 4 is 0 Å². The minimum atomic E-state index is -0.404. The van der Waals surface area contributed by atoms with Gasteiger partial charge in [-0.15, -0.1) is 0 Å². The summed E-state index contributed by atoms with van der Waals surface area (Å²) in [5, 5.41) is 19.5. The molecule has 3 nitrogen and oxygen atoms in total. The van der Waals surface area contributed by atoms with Crippen LogP contribution in [-0.4, -0.2) is 40.4 Å². The monoisotopic (exact) mass is 291 g/mol. The van der Waals surface area contributed by atoms with Crippen LogP contribution in [0.15, 0.2) is 18.2 Å². The average molecular weight is 291 g/mol. The summed E-state index contributed by atoms with van der Waals surface area (Å²) in [6.45, 7) is 10.6. The molecule has 118 valence electrons. The molecule has 0 amide bonds. The smallest absolute Gasteiger partial charge is 0.0718 e. The van der Waals surface area contributed by atoms with E-state index in [0.717, 1.165) is 25.9 Å². The van der Waals surface area contributed by atoms with Crippen LogP contribution in [0.4, 0.5) is 0 Å². The van der Waals surface area contributed by atoms with E-state index in [1.165, 1.54) is 16.7 Å². The van der Waals surface area contributed by atoms with Gasteiger partial charge in [0, 0.05) is 6.54 Å². The molecule has 1 fully saturated rings. The molecule has 2 rings (SSSR count). The Kier molecular flexibility index (Phi) is 5.07. The third-order valence-corrected chi connectivity index (χ3v) is 4.53. The molecule has 1 aliphatic rings. The van der Waals surface area contributed by atoms with Gasteiger partial charge in [-0.25, -0.2) is 0 Å². The van der Waals surface area contributed by atoms with Crippen molar-refractivity contribution < 1.29 is 10.2 Å². The molecule has 0 aliphatic carbocycles. The van der Waals surface area contributed by atoms with Crippen LogP contribution >= 0.6 is 0 Å². The van der Waals surface area contributed by atoms with Gasteiger partial charge >= 0.3 is 0 Å². The predicted molar refractivity (Wildman–Crippen MR) is 86.4 cm³/mol. The summed E-state index contributed by atoms with van der Waals surface area (Å²) < 4.78 is 0. The molecule has 0 saturated carbocycles. The lowest BCUT2D eigenvalue weighted by Crippen LogP contribution is -2.49. The highest BCUT2D eigenvalue weighted by atomic mass is 16.3. The van der Waals surface area contributed by atoms with E-state index in [2.05, 4.69) is 50.8 Å². The van der Waals surface area contributed by atoms with E-state index >= 15 is 0 Å². The molecule has 3 heteroatoms. The minimum Gasteiger partial charge on any atom is -0.395 e. The minimum absolute atomic E-state index is 0.0280. The van der Waals surface area contributed by atoms with Crippen molar-refractivity contribution in [2.24, 2.45) is 0 Å². The van der Waals surface area contributed by atoms with Gasteiger partial charge in [-0.3, -0.25) is 4.90 Å². The molecule has 0 radical (unpaired) electrons. The van der Waals surface area contributed by atoms with Crippen molar-refractivity contribution in [3.8, 4) is 0 Å². The van der Waals surface area contributed by atoms with Crippen LogP contribution < -0.4 is 0 Å². The van der Waals surface area contributed by atoms with Gasteiger partial charge < -0.3 is 10.2 Å². The first kappa shape index (κ1) is 16.5. The lowest BCUT2D eigenvalue weighted by molar-refractivity contribution is -0.0197. The van der Waals surface area contributed by atoms with Gasteiger partial charge in [0.1, 0.15) is 0 Å². The van der Waals surface area contributed by atoms with E-state index < -0.39 is 6.10 Å². The van der Waals surface area contributed by atoms with Gasteiger partial charge in [0.05, 0.1) is 18.8 Å². The van der Waals surface area contributed by atoms with Crippen LogP contribution in [0.2, 0.25) is 0 Å². The Morgan fingerprint density at radius 1 is 1.29 bits per heavy atom. The molecule has 0 aromatic heterocycles. The normalized spacial score (nSPS) is 24.3. The molecule has 1 aromatic rings. The summed E-state index contributed by atoms with van der Waals surface area (Å²) in [6.07, 6.45) is 1.39. The number of piperidine rings is 1. The summed E-state index contributed by atoms with van der Waals surface area (Å²) in [4.78, 5) is 2.21. The zero-order valence-electron chi connectivity index (χ0n) is 13.8. The zero-order chi connectivity index (χ0) is 15.6. The van der Waals surface area contributed by atoms with Crippen LogP contribution in [0.3, 0.4) is 0 Å². The fourth-order valence-electron chi connectivity index (χ4n) is 3.44. The third-order valence-electron chi connectivity index (χ3n) is 4.53. The molecule has 2 N–H and O–H groups in total. The van der Waals surface area contributed by atoms with Gasteiger partial charge in [-0.1, -0.05) is 39.0 Å². The number of aryl methyl sites for hydroxylation is 1. The Balaban J connectivity index is 2.14. The number of aliphatic hydroxyl groups is 2. The van der Waals surface area contributed by atoms with Crippen LogP contribution in [0, 0.1) is 6.92 Å². The van der Waals surface area contributed by atoms with E-state index in [1.54, 1.807) is 0 Å². The van der Waals surface area contributed by atoms with Crippen LogP contribution in [0.1, 0.15) is 50.3 Å². The second-order valence-corrected chi connectivity index (χ2v) is 7.33. The maximum Gasteiger partial charge on any atom is 0.0718 e. The highest BCUT2D eigenvalue weighted by Crippen LogP contribution is 2.27. The molecule has 21 heavy (non-hydrogen) atoms. The molecule has 1 saturated heterocycles. The molecule has 0 bridgehead atoms. The third kappa shape index (κ3) is 3.85. The first-order valence-corrected chi connectivity index (χ1v) is 7.96. The topological polar surface area (TPSA) is 43.7 Å².